The van der Waals surface area contributed by atoms with Crippen molar-refractivity contribution in [2.24, 2.45) is 7.05 Å². The van der Waals surface area contributed by atoms with E-state index in [0.717, 1.165) is 9.31 Å². The van der Waals surface area contributed by atoms with Gasteiger partial charge in [0, 0.05) is 7.05 Å². The van der Waals surface area contributed by atoms with Gasteiger partial charge in [-0.2, -0.15) is 0 Å². The van der Waals surface area contributed by atoms with E-state index in [1.807, 2.05) is 0 Å². The molecule has 0 unspecified atom stereocenters. The number of hydrogen-bond acceptors (Lipinski definition) is 4. The molecule has 0 radical (unpaired) electrons. The Kier molecular flexibility index (Phi) is 2.40. The summed E-state index contributed by atoms with van der Waals surface area (Å²) in [6.45, 7) is 0. The molecule has 0 aliphatic rings. The van der Waals surface area contributed by atoms with Crippen LogP contribution in [0, 0.1) is 0 Å². The van der Waals surface area contributed by atoms with Crippen LogP contribution in [0.25, 0.3) is 5.69 Å². The molecule has 16 heavy (non-hydrogen) atoms. The molecule has 0 amide bonds. The van der Waals surface area contributed by atoms with Gasteiger partial charge in [-0.3, -0.25) is 0 Å². The van der Waals surface area contributed by atoms with Gasteiger partial charge in [0.1, 0.15) is 5.75 Å². The Labute approximate surface area is 90.3 Å². The van der Waals surface area contributed by atoms with Gasteiger partial charge in [-0.25, -0.2) is 14.2 Å². The zero-order valence-electron chi connectivity index (χ0n) is 8.84. The topological polar surface area (TPSA) is 66.4 Å². The summed E-state index contributed by atoms with van der Waals surface area (Å²) in [5.74, 6) is -0.0316. The summed E-state index contributed by atoms with van der Waals surface area (Å²) in [5, 5.41) is 0. The van der Waals surface area contributed by atoms with E-state index in [9.17, 15) is 9.59 Å². The van der Waals surface area contributed by atoms with Crippen molar-refractivity contribution in [1.82, 2.24) is 9.31 Å². The Morgan fingerprint density at radius 3 is 2.25 bits per heavy atom. The van der Waals surface area contributed by atoms with Crippen LogP contribution in [0.5, 0.6) is 5.75 Å². The maximum Gasteiger partial charge on any atom is 0.442 e. The first kappa shape index (κ1) is 10.3. The highest BCUT2D eigenvalue weighted by molar-refractivity contribution is 5.35. The van der Waals surface area contributed by atoms with Gasteiger partial charge in [-0.05, 0) is 24.3 Å². The molecule has 0 atom stereocenters. The first-order valence-corrected chi connectivity index (χ1v) is 4.57. The summed E-state index contributed by atoms with van der Waals surface area (Å²) in [6, 6.07) is 6.61. The quantitative estimate of drug-likeness (QED) is 0.724. The van der Waals surface area contributed by atoms with E-state index in [2.05, 4.69) is 0 Å². The lowest BCUT2D eigenvalue weighted by Gasteiger charge is -2.00. The van der Waals surface area contributed by atoms with Crippen molar-refractivity contribution in [1.29, 1.82) is 0 Å². The fraction of sp³-hybridized carbons (Fsp3) is 0.200. The van der Waals surface area contributed by atoms with Gasteiger partial charge < -0.3 is 9.26 Å². The second kappa shape index (κ2) is 3.73. The molecule has 0 spiro atoms. The Morgan fingerprint density at radius 2 is 1.81 bits per heavy atom. The molecular formula is C10H10N2O4. The Hall–Kier alpha value is -2.24. The number of hydrogen-bond donors (Lipinski definition) is 0. The summed E-state index contributed by atoms with van der Waals surface area (Å²) in [4.78, 5) is 22.7. The SMILES string of the molecule is COc1ccc(-n2oc(=O)n(C)c2=O)cc1. The van der Waals surface area contributed by atoms with Gasteiger partial charge in [-0.1, -0.05) is 0 Å². The predicted molar refractivity (Wildman–Crippen MR) is 56.1 cm³/mol. The zero-order valence-corrected chi connectivity index (χ0v) is 8.84. The van der Waals surface area contributed by atoms with E-state index >= 15 is 0 Å². The molecule has 1 aromatic heterocycles. The highest BCUT2D eigenvalue weighted by Crippen LogP contribution is 2.12. The van der Waals surface area contributed by atoms with Gasteiger partial charge in [0.15, 0.2) is 0 Å². The van der Waals surface area contributed by atoms with Gasteiger partial charge in [-0.15, -0.1) is 4.74 Å². The second-order valence-electron chi connectivity index (χ2n) is 3.19. The van der Waals surface area contributed by atoms with Crippen molar-refractivity contribution in [3.05, 3.63) is 45.3 Å². The average Bonchev–Trinajstić information content (AvgIpc) is 2.57. The lowest BCUT2D eigenvalue weighted by atomic mass is 10.3. The molecule has 6 nitrogen and oxygen atoms in total. The zero-order chi connectivity index (χ0) is 11.7. The number of methoxy groups -OCH3 is 1. The van der Waals surface area contributed by atoms with E-state index in [-0.39, 0.29) is 0 Å². The van der Waals surface area contributed by atoms with E-state index in [0.29, 0.717) is 11.4 Å². The van der Waals surface area contributed by atoms with Crippen LogP contribution in [0.4, 0.5) is 0 Å². The van der Waals surface area contributed by atoms with E-state index in [1.54, 1.807) is 31.4 Å². The molecule has 84 valence electrons. The molecule has 0 saturated heterocycles. The minimum atomic E-state index is -0.694. The molecule has 0 aliphatic carbocycles. The maximum atomic E-state index is 11.5. The van der Waals surface area contributed by atoms with Crippen molar-refractivity contribution < 1.29 is 9.26 Å². The number of benzene rings is 1. The molecule has 0 N–H and O–H groups in total. The van der Waals surface area contributed by atoms with Crippen LogP contribution in [0.3, 0.4) is 0 Å². The summed E-state index contributed by atoms with van der Waals surface area (Å²) in [7, 11) is 2.90. The molecule has 6 heteroatoms. The normalized spacial score (nSPS) is 10.4. The third-order valence-electron chi connectivity index (χ3n) is 2.21. The lowest BCUT2D eigenvalue weighted by molar-refractivity contribution is 0.312. The smallest absolute Gasteiger partial charge is 0.442 e. The monoisotopic (exact) mass is 222 g/mol. The molecule has 0 bridgehead atoms. The molecule has 0 saturated carbocycles. The summed E-state index contributed by atoms with van der Waals surface area (Å²) < 4.78 is 11.6. The van der Waals surface area contributed by atoms with Crippen molar-refractivity contribution in [2.45, 2.75) is 0 Å². The van der Waals surface area contributed by atoms with Crippen molar-refractivity contribution in [2.75, 3.05) is 7.11 Å². The highest BCUT2D eigenvalue weighted by Gasteiger charge is 2.09. The number of aromatic nitrogens is 2. The third kappa shape index (κ3) is 1.54. The Bertz CT molecular complexity index is 603. The minimum absolute atomic E-state index is 0.475. The molecule has 0 fully saturated rings. The molecule has 2 aromatic rings. The second-order valence-corrected chi connectivity index (χ2v) is 3.19. The van der Waals surface area contributed by atoms with Crippen molar-refractivity contribution >= 4 is 0 Å². The first-order chi connectivity index (χ1) is 7.63. The van der Waals surface area contributed by atoms with E-state index in [4.69, 9.17) is 9.26 Å². The highest BCUT2D eigenvalue weighted by atomic mass is 16.5. The average molecular weight is 222 g/mol. The van der Waals surface area contributed by atoms with E-state index in [1.165, 1.54) is 7.05 Å². The predicted octanol–water partition coefficient (Wildman–Crippen LogP) is 0.138. The minimum Gasteiger partial charge on any atom is -0.497 e. The largest absolute Gasteiger partial charge is 0.497 e. The van der Waals surface area contributed by atoms with Crippen LogP contribution in [0.15, 0.2) is 38.4 Å². The summed E-state index contributed by atoms with van der Waals surface area (Å²) in [5.41, 5.74) is -0.0429. The first-order valence-electron chi connectivity index (χ1n) is 4.57. The van der Waals surface area contributed by atoms with Gasteiger partial charge in [0.2, 0.25) is 0 Å². The van der Waals surface area contributed by atoms with Crippen LogP contribution < -0.4 is 16.2 Å². The van der Waals surface area contributed by atoms with Crippen LogP contribution in [-0.2, 0) is 7.05 Å². The molecule has 1 aromatic carbocycles. The number of nitrogens with zero attached hydrogens (tertiary/aromatic N) is 2. The van der Waals surface area contributed by atoms with Crippen LogP contribution in [0.2, 0.25) is 0 Å². The number of rotatable bonds is 2. The third-order valence-corrected chi connectivity index (χ3v) is 2.21. The summed E-state index contributed by atoms with van der Waals surface area (Å²) >= 11 is 0. The fourth-order valence-corrected chi connectivity index (χ4v) is 1.27. The van der Waals surface area contributed by atoms with Crippen molar-refractivity contribution in [3.63, 3.8) is 0 Å². The molecule has 1 heterocycles. The Morgan fingerprint density at radius 1 is 1.19 bits per heavy atom. The van der Waals surface area contributed by atoms with Crippen LogP contribution in [0.1, 0.15) is 0 Å². The van der Waals surface area contributed by atoms with Crippen LogP contribution in [-0.4, -0.2) is 16.4 Å². The lowest BCUT2D eigenvalue weighted by Crippen LogP contribution is -2.25. The molecule has 2 rings (SSSR count). The standard InChI is InChI=1S/C10H10N2O4/c1-11-9(13)12(16-10(11)14)7-3-5-8(15-2)6-4-7/h3-6H,1-2H3. The fourth-order valence-electron chi connectivity index (χ4n) is 1.27. The van der Waals surface area contributed by atoms with Crippen molar-refractivity contribution in [3.8, 4) is 11.4 Å². The van der Waals surface area contributed by atoms with Gasteiger partial charge in [0.25, 0.3) is 0 Å². The van der Waals surface area contributed by atoms with Gasteiger partial charge >= 0.3 is 11.4 Å². The molecular weight excluding hydrogens is 212 g/mol. The molecule has 0 aliphatic heterocycles. The van der Waals surface area contributed by atoms with Gasteiger partial charge in [0.05, 0.1) is 12.8 Å². The summed E-state index contributed by atoms with van der Waals surface area (Å²) in [6.07, 6.45) is 0. The number of ether oxygens (including phenoxy) is 1. The maximum absolute atomic E-state index is 11.5. The van der Waals surface area contributed by atoms with E-state index < -0.39 is 11.4 Å². The Balaban J connectivity index is 2.55. The van der Waals surface area contributed by atoms with Crippen LogP contribution >= 0.6 is 0 Å².